The summed E-state index contributed by atoms with van der Waals surface area (Å²) in [6.45, 7) is 6.47. The first-order valence-electron chi connectivity index (χ1n) is 9.33. The van der Waals surface area contributed by atoms with Gasteiger partial charge in [-0.05, 0) is 24.0 Å². The van der Waals surface area contributed by atoms with Gasteiger partial charge >= 0.3 is 0 Å². The molecule has 0 saturated heterocycles. The quantitative estimate of drug-likeness (QED) is 0.717. The maximum Gasteiger partial charge on any atom is 0.0717 e. The molecule has 26 heavy (non-hydrogen) atoms. The average molecular weight is 352 g/mol. The molecule has 0 unspecified atom stereocenters. The summed E-state index contributed by atoms with van der Waals surface area (Å²) in [5.41, 5.74) is 3.47. The first kappa shape index (κ1) is 18.8. The normalized spacial score (nSPS) is 23.1. The Balaban J connectivity index is 1.53. The van der Waals surface area contributed by atoms with Crippen LogP contribution >= 0.6 is 0 Å². The van der Waals surface area contributed by atoms with Crippen LogP contribution in [0.15, 0.2) is 72.8 Å². The molecule has 1 aliphatic carbocycles. The van der Waals surface area contributed by atoms with Crippen LogP contribution in [0.5, 0.6) is 0 Å². The number of hydrogen-bond donors (Lipinski definition) is 1. The monoisotopic (exact) mass is 352 g/mol. The van der Waals surface area contributed by atoms with Crippen molar-refractivity contribution in [1.29, 1.82) is 0 Å². The fourth-order valence-corrected chi connectivity index (χ4v) is 3.54. The third-order valence-electron chi connectivity index (χ3n) is 5.13. The van der Waals surface area contributed by atoms with Crippen LogP contribution < -0.4 is 0 Å². The van der Waals surface area contributed by atoms with Gasteiger partial charge in [-0.2, -0.15) is 0 Å². The second-order valence-corrected chi connectivity index (χ2v) is 7.04. The topological polar surface area (TPSA) is 38.7 Å². The highest BCUT2D eigenvalue weighted by molar-refractivity contribution is 5.14. The summed E-state index contributed by atoms with van der Waals surface area (Å²) < 4.78 is 11.9. The molecule has 0 spiro atoms. The summed E-state index contributed by atoms with van der Waals surface area (Å²) in [7, 11) is 0. The summed E-state index contributed by atoms with van der Waals surface area (Å²) >= 11 is 0. The number of hydrogen-bond acceptors (Lipinski definition) is 3. The second-order valence-electron chi connectivity index (χ2n) is 7.04. The molecule has 2 aromatic rings. The van der Waals surface area contributed by atoms with E-state index in [1.54, 1.807) is 0 Å². The van der Waals surface area contributed by atoms with E-state index in [4.69, 9.17) is 9.47 Å². The van der Waals surface area contributed by atoms with E-state index in [0.29, 0.717) is 26.4 Å². The molecular formula is C23H28O3. The Bertz CT molecular complexity index is 668. The van der Waals surface area contributed by atoms with Crippen molar-refractivity contribution in [2.45, 2.75) is 32.2 Å². The molecule has 3 rings (SSSR count). The lowest BCUT2D eigenvalue weighted by atomic mass is 9.75. The van der Waals surface area contributed by atoms with E-state index in [0.717, 1.165) is 29.5 Å². The molecule has 3 atom stereocenters. The molecule has 138 valence electrons. The second kappa shape index (κ2) is 9.67. The zero-order valence-electron chi connectivity index (χ0n) is 15.2. The first-order chi connectivity index (χ1) is 12.7. The van der Waals surface area contributed by atoms with Crippen molar-refractivity contribution in [2.24, 2.45) is 11.8 Å². The van der Waals surface area contributed by atoms with E-state index in [2.05, 4.69) is 30.8 Å². The van der Waals surface area contributed by atoms with Gasteiger partial charge in [0.25, 0.3) is 0 Å². The van der Waals surface area contributed by atoms with Crippen LogP contribution in [0, 0.1) is 11.8 Å². The van der Waals surface area contributed by atoms with Gasteiger partial charge in [-0.1, -0.05) is 72.8 Å². The third kappa shape index (κ3) is 5.28. The zero-order chi connectivity index (χ0) is 18.2. The summed E-state index contributed by atoms with van der Waals surface area (Å²) in [4.78, 5) is 0. The Morgan fingerprint density at radius 1 is 0.846 bits per heavy atom. The van der Waals surface area contributed by atoms with Crippen LogP contribution in [0.4, 0.5) is 0 Å². The van der Waals surface area contributed by atoms with Gasteiger partial charge in [-0.25, -0.2) is 0 Å². The molecule has 0 aromatic heterocycles. The lowest BCUT2D eigenvalue weighted by molar-refractivity contribution is -0.0374. The SMILES string of the molecule is C=C1CC[C@H](O)[C@@H](COCc2ccccc2)[C@H]1COCc1ccccc1. The van der Waals surface area contributed by atoms with Gasteiger partial charge in [-0.3, -0.25) is 0 Å². The Morgan fingerprint density at radius 3 is 1.96 bits per heavy atom. The van der Waals surface area contributed by atoms with E-state index in [9.17, 15) is 5.11 Å². The Hall–Kier alpha value is -1.94. The van der Waals surface area contributed by atoms with E-state index in [-0.39, 0.29) is 17.9 Å². The van der Waals surface area contributed by atoms with Crippen molar-refractivity contribution in [2.75, 3.05) is 13.2 Å². The molecule has 3 heteroatoms. The van der Waals surface area contributed by atoms with Crippen LogP contribution in [-0.2, 0) is 22.7 Å². The summed E-state index contributed by atoms with van der Waals surface area (Å²) in [6.07, 6.45) is 1.25. The maximum atomic E-state index is 10.5. The smallest absolute Gasteiger partial charge is 0.0717 e. The Kier molecular flexibility index (Phi) is 7.01. The molecule has 0 aliphatic heterocycles. The maximum absolute atomic E-state index is 10.5. The van der Waals surface area contributed by atoms with E-state index < -0.39 is 0 Å². The highest BCUT2D eigenvalue weighted by Crippen LogP contribution is 2.34. The number of rotatable bonds is 8. The minimum Gasteiger partial charge on any atom is -0.393 e. The molecule has 0 radical (unpaired) electrons. The molecule has 0 heterocycles. The van der Waals surface area contributed by atoms with Crippen molar-refractivity contribution in [1.82, 2.24) is 0 Å². The van der Waals surface area contributed by atoms with E-state index in [1.807, 2.05) is 36.4 Å². The van der Waals surface area contributed by atoms with Crippen LogP contribution in [0.1, 0.15) is 24.0 Å². The van der Waals surface area contributed by atoms with Gasteiger partial charge in [0.1, 0.15) is 0 Å². The summed E-state index contributed by atoms with van der Waals surface area (Å²) in [5.74, 6) is 0.175. The van der Waals surface area contributed by atoms with Gasteiger partial charge in [-0.15, -0.1) is 0 Å². The number of ether oxygens (including phenoxy) is 2. The van der Waals surface area contributed by atoms with E-state index in [1.165, 1.54) is 0 Å². The van der Waals surface area contributed by atoms with Crippen LogP contribution in [0.25, 0.3) is 0 Å². The third-order valence-corrected chi connectivity index (χ3v) is 5.13. The molecule has 1 fully saturated rings. The molecule has 1 aliphatic rings. The minimum atomic E-state index is -0.360. The fourth-order valence-electron chi connectivity index (χ4n) is 3.54. The van der Waals surface area contributed by atoms with Crippen LogP contribution in [-0.4, -0.2) is 24.4 Å². The van der Waals surface area contributed by atoms with E-state index >= 15 is 0 Å². The van der Waals surface area contributed by atoms with Gasteiger partial charge in [0.05, 0.1) is 32.5 Å². The fraction of sp³-hybridized carbons (Fsp3) is 0.391. The van der Waals surface area contributed by atoms with Crippen molar-refractivity contribution in [3.8, 4) is 0 Å². The highest BCUT2D eigenvalue weighted by Gasteiger charge is 2.34. The summed E-state index contributed by atoms with van der Waals surface area (Å²) in [6, 6.07) is 20.3. The van der Waals surface area contributed by atoms with Crippen molar-refractivity contribution < 1.29 is 14.6 Å². The lowest BCUT2D eigenvalue weighted by Crippen LogP contribution is -2.39. The highest BCUT2D eigenvalue weighted by atomic mass is 16.5. The molecule has 3 nitrogen and oxygen atoms in total. The molecule has 1 N–H and O–H groups in total. The van der Waals surface area contributed by atoms with Gasteiger partial charge in [0, 0.05) is 11.8 Å². The molecule has 1 saturated carbocycles. The number of aliphatic hydroxyl groups excluding tert-OH is 1. The molecule has 0 amide bonds. The number of aliphatic hydroxyl groups is 1. The van der Waals surface area contributed by atoms with Gasteiger partial charge < -0.3 is 14.6 Å². The number of benzene rings is 2. The van der Waals surface area contributed by atoms with Crippen LogP contribution in [0.3, 0.4) is 0 Å². The first-order valence-corrected chi connectivity index (χ1v) is 9.33. The molecule has 0 bridgehead atoms. The standard InChI is InChI=1S/C23H28O3/c1-18-12-13-23(24)22(17-26-15-20-10-6-3-7-11-20)21(18)16-25-14-19-8-4-2-5-9-19/h2-11,21-24H,1,12-17H2/t21-,22-,23-/m0/s1. The van der Waals surface area contributed by atoms with Crippen molar-refractivity contribution >= 4 is 0 Å². The largest absolute Gasteiger partial charge is 0.393 e. The molecule has 2 aromatic carbocycles. The predicted octanol–water partition coefficient (Wildman–Crippen LogP) is 4.36. The van der Waals surface area contributed by atoms with Crippen molar-refractivity contribution in [3.05, 3.63) is 83.9 Å². The van der Waals surface area contributed by atoms with Gasteiger partial charge in [0.15, 0.2) is 0 Å². The van der Waals surface area contributed by atoms with Crippen LogP contribution in [0.2, 0.25) is 0 Å². The average Bonchev–Trinajstić information content (AvgIpc) is 2.68. The zero-order valence-corrected chi connectivity index (χ0v) is 15.2. The Morgan fingerprint density at radius 2 is 1.38 bits per heavy atom. The Labute approximate surface area is 156 Å². The lowest BCUT2D eigenvalue weighted by Gasteiger charge is -2.37. The molecular weight excluding hydrogens is 324 g/mol. The summed E-state index contributed by atoms with van der Waals surface area (Å²) in [5, 5.41) is 10.5. The van der Waals surface area contributed by atoms with Crippen molar-refractivity contribution in [3.63, 3.8) is 0 Å². The van der Waals surface area contributed by atoms with Gasteiger partial charge in [0.2, 0.25) is 0 Å². The predicted molar refractivity (Wildman–Crippen MR) is 104 cm³/mol. The minimum absolute atomic E-state index is 0.0377.